The predicted molar refractivity (Wildman–Crippen MR) is 96.7 cm³/mol. The maximum Gasteiger partial charge on any atom is 0.128 e. The number of aromatic nitrogens is 2. The van der Waals surface area contributed by atoms with Crippen molar-refractivity contribution in [3.63, 3.8) is 0 Å². The van der Waals surface area contributed by atoms with Crippen molar-refractivity contribution in [3.8, 4) is 17.0 Å². The summed E-state index contributed by atoms with van der Waals surface area (Å²) in [5.74, 6) is 2.66. The SMILES string of the molecule is COc1ccccc1-c1cc([C@H]2CN3CC[C@H]2C[C@@H]3CO)nc(C)n1. The number of benzene rings is 1. The minimum atomic E-state index is 0.262. The Kier molecular flexibility index (Phi) is 4.44. The van der Waals surface area contributed by atoms with E-state index in [2.05, 4.69) is 16.0 Å². The summed E-state index contributed by atoms with van der Waals surface area (Å²) in [5, 5.41) is 9.58. The number of fused-ring (bicyclic) bond motifs is 3. The van der Waals surface area contributed by atoms with Gasteiger partial charge in [0.15, 0.2) is 0 Å². The van der Waals surface area contributed by atoms with E-state index >= 15 is 0 Å². The Morgan fingerprint density at radius 2 is 2.12 bits per heavy atom. The standard InChI is InChI=1S/C20H25N3O2/c1-13-21-18(16-5-3-4-6-20(16)25-2)10-19(22-13)17-11-23-8-7-14(17)9-15(23)12-24/h3-6,10,14-15,17,24H,7-9,11-12H2,1-2H3/t14-,15+,17-/m0/s1. The molecule has 1 N–H and O–H groups in total. The van der Waals surface area contributed by atoms with Gasteiger partial charge in [-0.2, -0.15) is 0 Å². The first-order valence-electron chi connectivity index (χ1n) is 9.03. The zero-order chi connectivity index (χ0) is 17.4. The molecule has 0 saturated carbocycles. The van der Waals surface area contributed by atoms with Crippen molar-refractivity contribution in [1.82, 2.24) is 14.9 Å². The van der Waals surface area contributed by atoms with Gasteiger partial charge >= 0.3 is 0 Å². The average molecular weight is 339 g/mol. The number of aliphatic hydroxyl groups excluding tert-OH is 1. The zero-order valence-electron chi connectivity index (χ0n) is 14.9. The van der Waals surface area contributed by atoms with E-state index in [1.807, 2.05) is 31.2 Å². The van der Waals surface area contributed by atoms with Crippen molar-refractivity contribution in [3.05, 3.63) is 41.9 Å². The number of para-hydroxylation sites is 1. The molecule has 0 radical (unpaired) electrons. The number of piperidine rings is 3. The van der Waals surface area contributed by atoms with Gasteiger partial charge in [0.1, 0.15) is 11.6 Å². The van der Waals surface area contributed by atoms with Crippen molar-refractivity contribution >= 4 is 0 Å². The van der Waals surface area contributed by atoms with Gasteiger partial charge in [-0.15, -0.1) is 0 Å². The van der Waals surface area contributed by atoms with Gasteiger partial charge in [-0.3, -0.25) is 4.90 Å². The van der Waals surface area contributed by atoms with E-state index in [0.29, 0.717) is 17.9 Å². The van der Waals surface area contributed by atoms with Gasteiger partial charge in [-0.25, -0.2) is 9.97 Å². The molecule has 3 fully saturated rings. The number of nitrogens with zero attached hydrogens (tertiary/aromatic N) is 3. The lowest BCUT2D eigenvalue weighted by Gasteiger charge is -2.49. The van der Waals surface area contributed by atoms with E-state index in [9.17, 15) is 5.11 Å². The lowest BCUT2D eigenvalue weighted by Crippen LogP contribution is -2.53. The van der Waals surface area contributed by atoms with E-state index in [0.717, 1.165) is 48.0 Å². The number of hydrogen-bond acceptors (Lipinski definition) is 5. The summed E-state index contributed by atoms with van der Waals surface area (Å²) in [6.07, 6.45) is 2.25. The summed E-state index contributed by atoms with van der Waals surface area (Å²) in [7, 11) is 1.69. The van der Waals surface area contributed by atoms with Crippen LogP contribution in [0.25, 0.3) is 11.3 Å². The fourth-order valence-corrected chi connectivity index (χ4v) is 4.44. The molecule has 3 aliphatic heterocycles. The molecule has 2 aromatic rings. The van der Waals surface area contributed by atoms with Crippen LogP contribution in [0, 0.1) is 12.8 Å². The van der Waals surface area contributed by atoms with Crippen molar-refractivity contribution in [1.29, 1.82) is 0 Å². The lowest BCUT2D eigenvalue weighted by molar-refractivity contribution is 0.00182. The molecule has 25 heavy (non-hydrogen) atoms. The Bertz CT molecular complexity index is 764. The highest BCUT2D eigenvalue weighted by atomic mass is 16.5. The number of aliphatic hydroxyl groups is 1. The van der Waals surface area contributed by atoms with E-state index in [1.54, 1.807) is 7.11 Å². The molecule has 5 rings (SSSR count). The van der Waals surface area contributed by atoms with Crippen molar-refractivity contribution < 1.29 is 9.84 Å². The normalized spacial score (nSPS) is 28.1. The average Bonchev–Trinajstić information content (AvgIpc) is 2.67. The molecule has 5 heteroatoms. The third-order valence-electron chi connectivity index (χ3n) is 5.71. The molecule has 3 saturated heterocycles. The van der Waals surface area contributed by atoms with Crippen LogP contribution in [0.15, 0.2) is 30.3 Å². The van der Waals surface area contributed by atoms with Crippen LogP contribution in [0.4, 0.5) is 0 Å². The first-order chi connectivity index (χ1) is 12.2. The molecule has 4 heterocycles. The molecule has 132 valence electrons. The molecule has 0 amide bonds. The Labute approximate surface area is 148 Å². The molecule has 1 aromatic heterocycles. The Morgan fingerprint density at radius 3 is 2.84 bits per heavy atom. The van der Waals surface area contributed by atoms with E-state index < -0.39 is 0 Å². The van der Waals surface area contributed by atoms with Gasteiger partial charge in [0.2, 0.25) is 0 Å². The molecule has 2 bridgehead atoms. The van der Waals surface area contributed by atoms with Gasteiger partial charge < -0.3 is 9.84 Å². The van der Waals surface area contributed by atoms with Gasteiger partial charge in [0, 0.05) is 29.8 Å². The number of rotatable bonds is 4. The van der Waals surface area contributed by atoms with E-state index in [-0.39, 0.29) is 6.61 Å². The second kappa shape index (κ2) is 6.73. The predicted octanol–water partition coefficient (Wildman–Crippen LogP) is 2.63. The highest BCUT2D eigenvalue weighted by Crippen LogP contribution is 2.42. The Balaban J connectivity index is 1.69. The quantitative estimate of drug-likeness (QED) is 0.928. The third kappa shape index (κ3) is 3.02. The molecule has 1 aromatic carbocycles. The first kappa shape index (κ1) is 16.5. The zero-order valence-corrected chi connectivity index (χ0v) is 14.9. The van der Waals surface area contributed by atoms with E-state index in [4.69, 9.17) is 9.72 Å². The van der Waals surface area contributed by atoms with Gasteiger partial charge in [-0.05, 0) is 50.4 Å². The summed E-state index contributed by atoms with van der Waals surface area (Å²) >= 11 is 0. The second-order valence-electron chi connectivity index (χ2n) is 7.15. The summed E-state index contributed by atoms with van der Waals surface area (Å²) in [5.41, 5.74) is 3.06. The van der Waals surface area contributed by atoms with Crippen LogP contribution in [-0.2, 0) is 0 Å². The third-order valence-corrected chi connectivity index (χ3v) is 5.71. The van der Waals surface area contributed by atoms with Crippen LogP contribution < -0.4 is 4.74 Å². The maximum absolute atomic E-state index is 9.58. The molecular formula is C20H25N3O2. The van der Waals surface area contributed by atoms with Crippen molar-refractivity contribution in [2.45, 2.75) is 31.7 Å². The lowest BCUT2D eigenvalue weighted by atomic mass is 9.74. The number of methoxy groups -OCH3 is 1. The molecule has 4 atom stereocenters. The Hall–Kier alpha value is -1.98. The molecular weight excluding hydrogens is 314 g/mol. The van der Waals surface area contributed by atoms with Crippen molar-refractivity contribution in [2.24, 2.45) is 5.92 Å². The summed E-state index contributed by atoms with van der Waals surface area (Å²) in [6, 6.07) is 10.4. The molecule has 5 nitrogen and oxygen atoms in total. The van der Waals surface area contributed by atoms with Crippen molar-refractivity contribution in [2.75, 3.05) is 26.8 Å². The molecule has 3 aliphatic rings. The van der Waals surface area contributed by atoms with Crippen LogP contribution in [0.2, 0.25) is 0 Å². The fraction of sp³-hybridized carbons (Fsp3) is 0.500. The van der Waals surface area contributed by atoms with Crippen LogP contribution >= 0.6 is 0 Å². The largest absolute Gasteiger partial charge is 0.496 e. The Morgan fingerprint density at radius 1 is 1.28 bits per heavy atom. The highest BCUT2D eigenvalue weighted by Gasteiger charge is 2.41. The minimum Gasteiger partial charge on any atom is -0.496 e. The van der Waals surface area contributed by atoms with Crippen LogP contribution in [-0.4, -0.2) is 52.8 Å². The molecule has 1 unspecified atom stereocenters. The fourth-order valence-electron chi connectivity index (χ4n) is 4.44. The van der Waals surface area contributed by atoms with Gasteiger partial charge in [-0.1, -0.05) is 12.1 Å². The summed E-state index contributed by atoms with van der Waals surface area (Å²) in [4.78, 5) is 11.8. The number of hydrogen-bond donors (Lipinski definition) is 1. The maximum atomic E-state index is 9.58. The second-order valence-corrected chi connectivity index (χ2v) is 7.15. The van der Waals surface area contributed by atoms with Crippen LogP contribution in [0.1, 0.15) is 30.3 Å². The highest BCUT2D eigenvalue weighted by molar-refractivity contribution is 5.67. The monoisotopic (exact) mass is 339 g/mol. The van der Waals surface area contributed by atoms with Gasteiger partial charge in [0.05, 0.1) is 19.4 Å². The van der Waals surface area contributed by atoms with E-state index in [1.165, 1.54) is 6.42 Å². The molecule has 0 aliphatic carbocycles. The van der Waals surface area contributed by atoms with Crippen LogP contribution in [0.5, 0.6) is 5.75 Å². The number of ether oxygens (including phenoxy) is 1. The minimum absolute atomic E-state index is 0.262. The van der Waals surface area contributed by atoms with Crippen LogP contribution in [0.3, 0.4) is 0 Å². The topological polar surface area (TPSA) is 58.5 Å². The number of aryl methyl sites for hydroxylation is 1. The smallest absolute Gasteiger partial charge is 0.128 e. The first-order valence-corrected chi connectivity index (χ1v) is 9.03. The van der Waals surface area contributed by atoms with Gasteiger partial charge in [0.25, 0.3) is 0 Å². The summed E-state index contributed by atoms with van der Waals surface area (Å²) < 4.78 is 5.51. The summed E-state index contributed by atoms with van der Waals surface area (Å²) in [6.45, 7) is 4.30. The molecule has 0 spiro atoms.